The van der Waals surface area contributed by atoms with Crippen molar-refractivity contribution < 1.29 is 9.32 Å². The number of aromatic nitrogens is 1. The Morgan fingerprint density at radius 3 is 2.57 bits per heavy atom. The molecule has 1 aromatic heterocycles. The molecule has 1 aliphatic rings. The molecule has 0 atom stereocenters. The maximum atomic E-state index is 12.4. The molecule has 0 spiro atoms. The first kappa shape index (κ1) is 13.7. The van der Waals surface area contributed by atoms with Gasteiger partial charge in [0.05, 0.1) is 0 Å². The molecule has 1 aromatic carbocycles. The van der Waals surface area contributed by atoms with Crippen molar-refractivity contribution in [3.63, 3.8) is 0 Å². The van der Waals surface area contributed by atoms with Crippen LogP contribution >= 0.6 is 0 Å². The van der Waals surface area contributed by atoms with Crippen LogP contribution in [0.4, 0.5) is 5.69 Å². The molecule has 0 radical (unpaired) electrons. The summed E-state index contributed by atoms with van der Waals surface area (Å²) in [5.41, 5.74) is 3.70. The van der Waals surface area contributed by atoms with Crippen LogP contribution in [-0.4, -0.2) is 42.1 Å². The number of carbonyl (C=O) groups excluding carboxylic acids is 1. The number of rotatable bonds is 2. The smallest absolute Gasteiger partial charge is 0.276 e. The van der Waals surface area contributed by atoms with Crippen molar-refractivity contribution in [3.05, 3.63) is 47.3 Å². The van der Waals surface area contributed by atoms with E-state index in [2.05, 4.69) is 41.2 Å². The number of nitrogens with zero attached hydrogens (tertiary/aromatic N) is 3. The minimum Gasteiger partial charge on any atom is -0.368 e. The standard InChI is InChI=1S/C16H19N3O2/c1-12-4-3-5-14(10-12)18-6-8-19(9-7-18)16(20)15-13(2)11-21-17-15/h3-5,10-11H,6-9H2,1-2H3. The summed E-state index contributed by atoms with van der Waals surface area (Å²) in [6.45, 7) is 7.03. The number of carbonyl (C=O) groups is 1. The maximum Gasteiger partial charge on any atom is 0.276 e. The van der Waals surface area contributed by atoms with Crippen LogP contribution in [-0.2, 0) is 0 Å². The zero-order valence-electron chi connectivity index (χ0n) is 12.4. The van der Waals surface area contributed by atoms with Crippen LogP contribution in [0, 0.1) is 13.8 Å². The number of hydrogen-bond acceptors (Lipinski definition) is 4. The highest BCUT2D eigenvalue weighted by atomic mass is 16.5. The Kier molecular flexibility index (Phi) is 3.64. The van der Waals surface area contributed by atoms with Gasteiger partial charge in [-0.25, -0.2) is 0 Å². The highest BCUT2D eigenvalue weighted by Crippen LogP contribution is 2.19. The lowest BCUT2D eigenvalue weighted by Gasteiger charge is -2.36. The van der Waals surface area contributed by atoms with Gasteiger partial charge in [-0.15, -0.1) is 0 Å². The molecule has 0 unspecified atom stereocenters. The van der Waals surface area contributed by atoms with E-state index in [0.29, 0.717) is 18.8 Å². The second-order valence-corrected chi connectivity index (χ2v) is 5.46. The van der Waals surface area contributed by atoms with Crippen molar-refractivity contribution in [1.29, 1.82) is 0 Å². The predicted molar refractivity (Wildman–Crippen MR) is 80.5 cm³/mol. The molecule has 1 saturated heterocycles. The normalized spacial score (nSPS) is 15.3. The van der Waals surface area contributed by atoms with Gasteiger partial charge in [0.1, 0.15) is 6.26 Å². The van der Waals surface area contributed by atoms with E-state index in [4.69, 9.17) is 4.52 Å². The molecule has 21 heavy (non-hydrogen) atoms. The van der Waals surface area contributed by atoms with Gasteiger partial charge in [0.15, 0.2) is 5.69 Å². The maximum absolute atomic E-state index is 12.4. The topological polar surface area (TPSA) is 49.6 Å². The summed E-state index contributed by atoms with van der Waals surface area (Å²) in [7, 11) is 0. The van der Waals surface area contributed by atoms with Crippen LogP contribution in [0.15, 0.2) is 35.1 Å². The summed E-state index contributed by atoms with van der Waals surface area (Å²) in [5.74, 6) is -0.0369. The van der Waals surface area contributed by atoms with Gasteiger partial charge in [-0.3, -0.25) is 4.79 Å². The Morgan fingerprint density at radius 1 is 1.19 bits per heavy atom. The highest BCUT2D eigenvalue weighted by molar-refractivity contribution is 5.93. The number of anilines is 1. The molecule has 0 bridgehead atoms. The monoisotopic (exact) mass is 285 g/mol. The van der Waals surface area contributed by atoms with Crippen LogP contribution in [0.2, 0.25) is 0 Å². The van der Waals surface area contributed by atoms with Crippen LogP contribution in [0.1, 0.15) is 21.6 Å². The molecule has 2 aromatic rings. The zero-order valence-corrected chi connectivity index (χ0v) is 12.4. The Morgan fingerprint density at radius 2 is 1.95 bits per heavy atom. The third-order valence-electron chi connectivity index (χ3n) is 3.88. The van der Waals surface area contributed by atoms with E-state index in [1.807, 2.05) is 11.8 Å². The Balaban J connectivity index is 1.65. The summed E-state index contributed by atoms with van der Waals surface area (Å²) in [5, 5.41) is 3.80. The number of hydrogen-bond donors (Lipinski definition) is 0. The SMILES string of the molecule is Cc1cccc(N2CCN(C(=O)c3nocc3C)CC2)c1. The van der Waals surface area contributed by atoms with Crippen molar-refractivity contribution in [2.24, 2.45) is 0 Å². The van der Waals surface area contributed by atoms with Gasteiger partial charge >= 0.3 is 0 Å². The van der Waals surface area contributed by atoms with Crippen LogP contribution in [0.5, 0.6) is 0 Å². The van der Waals surface area contributed by atoms with Crippen LogP contribution in [0.25, 0.3) is 0 Å². The van der Waals surface area contributed by atoms with Crippen molar-refractivity contribution in [1.82, 2.24) is 10.1 Å². The molecule has 1 amide bonds. The summed E-state index contributed by atoms with van der Waals surface area (Å²) in [6, 6.07) is 8.46. The fourth-order valence-corrected chi connectivity index (χ4v) is 2.64. The number of piperazine rings is 1. The van der Waals surface area contributed by atoms with Gasteiger partial charge < -0.3 is 14.3 Å². The largest absolute Gasteiger partial charge is 0.368 e. The molecule has 0 saturated carbocycles. The van der Waals surface area contributed by atoms with E-state index >= 15 is 0 Å². The first-order valence-corrected chi connectivity index (χ1v) is 7.17. The second kappa shape index (κ2) is 5.60. The molecule has 1 fully saturated rings. The summed E-state index contributed by atoms with van der Waals surface area (Å²) in [4.78, 5) is 16.5. The van der Waals surface area contributed by atoms with Gasteiger partial charge in [0.25, 0.3) is 5.91 Å². The van der Waals surface area contributed by atoms with E-state index < -0.39 is 0 Å². The van der Waals surface area contributed by atoms with Gasteiger partial charge in [-0.05, 0) is 31.5 Å². The third kappa shape index (κ3) is 2.77. The zero-order chi connectivity index (χ0) is 14.8. The van der Waals surface area contributed by atoms with Crippen LogP contribution in [0.3, 0.4) is 0 Å². The first-order chi connectivity index (χ1) is 10.1. The molecular formula is C16H19N3O2. The van der Waals surface area contributed by atoms with Gasteiger partial charge in [-0.1, -0.05) is 17.3 Å². The minimum absolute atomic E-state index is 0.0369. The highest BCUT2D eigenvalue weighted by Gasteiger charge is 2.25. The van der Waals surface area contributed by atoms with Gasteiger partial charge in [-0.2, -0.15) is 0 Å². The van der Waals surface area contributed by atoms with Gasteiger partial charge in [0, 0.05) is 37.4 Å². The lowest BCUT2D eigenvalue weighted by Crippen LogP contribution is -2.49. The fourth-order valence-electron chi connectivity index (χ4n) is 2.64. The Hall–Kier alpha value is -2.30. The Labute approximate surface area is 124 Å². The van der Waals surface area contributed by atoms with E-state index in [0.717, 1.165) is 18.7 Å². The first-order valence-electron chi connectivity index (χ1n) is 7.17. The molecule has 3 rings (SSSR count). The minimum atomic E-state index is -0.0369. The summed E-state index contributed by atoms with van der Waals surface area (Å²) in [6.07, 6.45) is 1.51. The third-order valence-corrected chi connectivity index (χ3v) is 3.88. The van der Waals surface area contributed by atoms with E-state index in [1.54, 1.807) is 0 Å². The molecule has 0 N–H and O–H groups in total. The quantitative estimate of drug-likeness (QED) is 0.849. The van der Waals surface area contributed by atoms with Crippen molar-refractivity contribution in [2.45, 2.75) is 13.8 Å². The molecule has 2 heterocycles. The van der Waals surface area contributed by atoms with E-state index in [-0.39, 0.29) is 5.91 Å². The number of benzene rings is 1. The number of aryl methyl sites for hydroxylation is 2. The van der Waals surface area contributed by atoms with Crippen molar-refractivity contribution in [2.75, 3.05) is 31.1 Å². The summed E-state index contributed by atoms with van der Waals surface area (Å²) < 4.78 is 4.85. The van der Waals surface area contributed by atoms with E-state index in [9.17, 15) is 4.79 Å². The molecular weight excluding hydrogens is 266 g/mol. The second-order valence-electron chi connectivity index (χ2n) is 5.46. The lowest BCUT2D eigenvalue weighted by atomic mass is 10.2. The predicted octanol–water partition coefficient (Wildman–Crippen LogP) is 2.25. The van der Waals surface area contributed by atoms with Crippen molar-refractivity contribution >= 4 is 11.6 Å². The summed E-state index contributed by atoms with van der Waals surface area (Å²) >= 11 is 0. The molecule has 0 aliphatic carbocycles. The lowest BCUT2D eigenvalue weighted by molar-refractivity contribution is 0.0735. The molecule has 5 heteroatoms. The molecule has 110 valence electrons. The van der Waals surface area contributed by atoms with Gasteiger partial charge in [0.2, 0.25) is 0 Å². The Bertz CT molecular complexity index is 642. The average molecular weight is 285 g/mol. The fraction of sp³-hybridized carbons (Fsp3) is 0.375. The molecule has 1 aliphatic heterocycles. The van der Waals surface area contributed by atoms with Crippen molar-refractivity contribution in [3.8, 4) is 0 Å². The van der Waals surface area contributed by atoms with Crippen LogP contribution < -0.4 is 4.90 Å². The molecule has 5 nitrogen and oxygen atoms in total. The average Bonchev–Trinajstić information content (AvgIpc) is 2.93. The van der Waals surface area contributed by atoms with E-state index in [1.165, 1.54) is 17.5 Å². The number of amides is 1.